The zero-order valence-corrected chi connectivity index (χ0v) is 20.0. The predicted molar refractivity (Wildman–Crippen MR) is 140 cm³/mol. The number of guanidine groups is 1. The van der Waals surface area contributed by atoms with Crippen molar-refractivity contribution in [2.24, 2.45) is 4.99 Å². The quantitative estimate of drug-likeness (QED) is 0.477. The van der Waals surface area contributed by atoms with Crippen LogP contribution in [0.2, 0.25) is 0 Å². The van der Waals surface area contributed by atoms with Crippen LogP contribution in [0.25, 0.3) is 11.0 Å². The average Bonchev–Trinajstić information content (AvgIpc) is 3.16. The van der Waals surface area contributed by atoms with Gasteiger partial charge in [0.15, 0.2) is 11.5 Å². The summed E-state index contributed by atoms with van der Waals surface area (Å²) in [5.74, 6) is 3.34. The summed E-state index contributed by atoms with van der Waals surface area (Å²) in [5.41, 5.74) is 4.47. The van der Waals surface area contributed by atoms with E-state index in [1.165, 1.54) is 5.56 Å². The fourth-order valence-corrected chi connectivity index (χ4v) is 5.16. The number of imidazole rings is 1. The molecule has 8 nitrogen and oxygen atoms in total. The van der Waals surface area contributed by atoms with E-state index in [4.69, 9.17) is 19.5 Å². The van der Waals surface area contributed by atoms with Crippen molar-refractivity contribution in [3.63, 3.8) is 0 Å². The van der Waals surface area contributed by atoms with Crippen molar-refractivity contribution >= 4 is 22.9 Å². The Labute approximate surface area is 209 Å². The van der Waals surface area contributed by atoms with Crippen molar-refractivity contribution in [2.45, 2.75) is 19.0 Å². The molecule has 0 fully saturated rings. The highest BCUT2D eigenvalue weighted by Crippen LogP contribution is 2.37. The van der Waals surface area contributed by atoms with Gasteiger partial charge in [-0.1, -0.05) is 48.5 Å². The Hall–Kier alpha value is -4.04. The minimum atomic E-state index is -0.157. The first-order valence-electron chi connectivity index (χ1n) is 12.5. The maximum atomic E-state index is 6.00. The molecule has 0 radical (unpaired) electrons. The number of hydrogen-bond acceptors (Lipinski definition) is 7. The first kappa shape index (κ1) is 21.3. The van der Waals surface area contributed by atoms with Crippen LogP contribution in [-0.4, -0.2) is 53.5 Å². The smallest absolute Gasteiger partial charge is 0.216 e. The molecule has 4 aromatic rings. The van der Waals surface area contributed by atoms with Crippen LogP contribution >= 0.6 is 0 Å². The topological polar surface area (TPSA) is 67.2 Å². The van der Waals surface area contributed by atoms with Crippen molar-refractivity contribution in [1.29, 1.82) is 0 Å². The van der Waals surface area contributed by atoms with Gasteiger partial charge in [0.25, 0.3) is 0 Å². The van der Waals surface area contributed by atoms with Crippen LogP contribution in [0.1, 0.15) is 23.7 Å². The van der Waals surface area contributed by atoms with Crippen molar-refractivity contribution in [1.82, 2.24) is 19.8 Å². The molecule has 0 saturated heterocycles. The molecule has 0 saturated carbocycles. The highest BCUT2D eigenvalue weighted by molar-refractivity contribution is 5.98. The average molecular weight is 481 g/mol. The van der Waals surface area contributed by atoms with Gasteiger partial charge in [-0.15, -0.1) is 0 Å². The van der Waals surface area contributed by atoms with Crippen LogP contribution in [0.4, 0.5) is 5.95 Å². The van der Waals surface area contributed by atoms with Crippen LogP contribution in [0.5, 0.6) is 11.5 Å². The largest absolute Gasteiger partial charge is 0.490 e. The van der Waals surface area contributed by atoms with Crippen LogP contribution in [0.3, 0.4) is 0 Å². The molecule has 182 valence electrons. The summed E-state index contributed by atoms with van der Waals surface area (Å²) in [4.78, 5) is 14.5. The molecule has 0 bridgehead atoms. The molecular formula is C28H28N6O2. The number of hydrogen-bond donors (Lipinski definition) is 1. The Bertz CT molecular complexity index is 1430. The summed E-state index contributed by atoms with van der Waals surface area (Å²) >= 11 is 0. The Morgan fingerprint density at radius 2 is 1.75 bits per heavy atom. The molecule has 1 atom stereocenters. The van der Waals surface area contributed by atoms with Gasteiger partial charge in [-0.25, -0.2) is 9.98 Å². The SMILES string of the molecule is c1ccc(CCN2CN=C3NC(c4ccc5c(c4)OCCCO5)n4c(nc5ccccc54)N3C2)cc1. The third-order valence-electron chi connectivity index (χ3n) is 7.01. The summed E-state index contributed by atoms with van der Waals surface area (Å²) in [6, 6.07) is 25.1. The molecule has 4 heterocycles. The maximum Gasteiger partial charge on any atom is 0.216 e. The summed E-state index contributed by atoms with van der Waals surface area (Å²) in [5, 5.41) is 3.70. The molecular weight excluding hydrogens is 452 g/mol. The van der Waals surface area contributed by atoms with Gasteiger partial charge in [-0.3, -0.25) is 14.4 Å². The van der Waals surface area contributed by atoms with Crippen molar-refractivity contribution < 1.29 is 9.47 Å². The van der Waals surface area contributed by atoms with Crippen molar-refractivity contribution in [3.05, 3.63) is 83.9 Å². The first-order valence-corrected chi connectivity index (χ1v) is 12.5. The maximum absolute atomic E-state index is 6.00. The zero-order chi connectivity index (χ0) is 23.9. The number of anilines is 1. The Morgan fingerprint density at radius 3 is 2.67 bits per heavy atom. The van der Waals surface area contributed by atoms with Crippen LogP contribution < -0.4 is 19.7 Å². The van der Waals surface area contributed by atoms with Crippen molar-refractivity contribution in [2.75, 3.05) is 38.0 Å². The van der Waals surface area contributed by atoms with Gasteiger partial charge in [-0.05, 0) is 41.8 Å². The van der Waals surface area contributed by atoms with Crippen LogP contribution in [0, 0.1) is 0 Å². The first-order chi connectivity index (χ1) is 17.8. The molecule has 1 N–H and O–H groups in total. The van der Waals surface area contributed by atoms with E-state index in [1.807, 2.05) is 12.1 Å². The number of benzene rings is 3. The number of nitrogens with zero attached hydrogens (tertiary/aromatic N) is 5. The predicted octanol–water partition coefficient (Wildman–Crippen LogP) is 3.98. The molecule has 3 aliphatic rings. The monoisotopic (exact) mass is 480 g/mol. The molecule has 8 heteroatoms. The summed E-state index contributed by atoms with van der Waals surface area (Å²) in [6.07, 6.45) is 1.72. The summed E-state index contributed by atoms with van der Waals surface area (Å²) in [7, 11) is 0. The molecule has 0 spiro atoms. The van der Waals surface area contributed by atoms with Crippen LogP contribution in [-0.2, 0) is 6.42 Å². The molecule has 3 aliphatic heterocycles. The molecule has 1 aromatic heterocycles. The molecule has 0 amide bonds. The van der Waals surface area contributed by atoms with E-state index in [0.29, 0.717) is 19.9 Å². The highest BCUT2D eigenvalue weighted by Gasteiger charge is 2.36. The van der Waals surface area contributed by atoms with E-state index < -0.39 is 0 Å². The molecule has 3 aromatic carbocycles. The number of fused-ring (bicyclic) bond motifs is 6. The number of para-hydroxylation sites is 2. The Morgan fingerprint density at radius 1 is 0.917 bits per heavy atom. The standard InChI is InChI=1S/C28H28N6O2/c1-2-7-20(8-3-1)13-14-32-18-29-27-31-26(21-11-12-24-25(17-21)36-16-6-15-35-24)34-23-10-5-4-9-22(23)30-28(34)33(27)19-32/h1-5,7-12,17,26H,6,13-16,18-19H2,(H,29,31). The molecule has 0 aliphatic carbocycles. The number of ether oxygens (including phenoxy) is 2. The van der Waals surface area contributed by atoms with Gasteiger partial charge >= 0.3 is 0 Å². The second-order valence-electron chi connectivity index (χ2n) is 9.40. The molecule has 7 rings (SSSR count). The lowest BCUT2D eigenvalue weighted by Gasteiger charge is -2.41. The zero-order valence-electron chi connectivity index (χ0n) is 20.0. The lowest BCUT2D eigenvalue weighted by Crippen LogP contribution is -2.57. The second-order valence-corrected chi connectivity index (χ2v) is 9.40. The molecule has 1 unspecified atom stereocenters. The van der Waals surface area contributed by atoms with Gasteiger partial charge < -0.3 is 14.8 Å². The third-order valence-corrected chi connectivity index (χ3v) is 7.01. The van der Waals surface area contributed by atoms with Gasteiger partial charge in [0.1, 0.15) is 6.17 Å². The van der Waals surface area contributed by atoms with E-state index >= 15 is 0 Å². The van der Waals surface area contributed by atoms with Gasteiger partial charge in [-0.2, -0.15) is 0 Å². The lowest BCUT2D eigenvalue weighted by atomic mass is 10.1. The Kier molecular flexibility index (Phi) is 5.24. The minimum absolute atomic E-state index is 0.157. The fraction of sp³-hybridized carbons (Fsp3) is 0.286. The lowest BCUT2D eigenvalue weighted by molar-refractivity contribution is 0.275. The number of nitrogens with one attached hydrogen (secondary N) is 1. The number of aromatic nitrogens is 2. The van der Waals surface area contributed by atoms with Gasteiger partial charge in [0, 0.05) is 13.0 Å². The summed E-state index contributed by atoms with van der Waals surface area (Å²) < 4.78 is 14.1. The van der Waals surface area contributed by atoms with Crippen LogP contribution in [0.15, 0.2) is 77.8 Å². The summed E-state index contributed by atoms with van der Waals surface area (Å²) in [6.45, 7) is 3.66. The molecule has 36 heavy (non-hydrogen) atoms. The normalized spacial score (nSPS) is 19.2. The Balaban J connectivity index is 1.24. The highest BCUT2D eigenvalue weighted by atomic mass is 16.5. The van der Waals surface area contributed by atoms with E-state index in [1.54, 1.807) is 0 Å². The van der Waals surface area contributed by atoms with Crippen molar-refractivity contribution in [3.8, 4) is 11.5 Å². The van der Waals surface area contributed by atoms with E-state index in [9.17, 15) is 0 Å². The van der Waals surface area contributed by atoms with E-state index in [-0.39, 0.29) is 6.17 Å². The second kappa shape index (κ2) is 8.87. The third kappa shape index (κ3) is 3.74. The van der Waals surface area contributed by atoms with E-state index in [0.717, 1.165) is 66.1 Å². The van der Waals surface area contributed by atoms with Gasteiger partial charge in [0.2, 0.25) is 11.9 Å². The number of aliphatic imine (C=N–C) groups is 1. The number of rotatable bonds is 4. The van der Waals surface area contributed by atoms with Gasteiger partial charge in [0.05, 0.1) is 37.6 Å². The fourth-order valence-electron chi connectivity index (χ4n) is 5.16. The van der Waals surface area contributed by atoms with E-state index in [2.05, 4.69) is 80.3 Å². The minimum Gasteiger partial charge on any atom is -0.490 e.